The summed E-state index contributed by atoms with van der Waals surface area (Å²) in [6.07, 6.45) is 5.24. The minimum atomic E-state index is 0.178. The first kappa shape index (κ1) is 15.3. The molecule has 0 amide bonds. The molecule has 1 aliphatic rings. The number of aliphatic hydroxyl groups is 1. The highest BCUT2D eigenvalue weighted by atomic mass is 16.5. The minimum absolute atomic E-state index is 0.178. The first-order valence-corrected chi connectivity index (χ1v) is 7.55. The number of rotatable bonds is 5. The standard InChI is InChI=1S/C16H26N2O2/c1-4-12(2)16-8-6-13(9-17-16)18-10-15(20-3)7-5-14(18)11-19/h6,8-9,12,14-15,19H,4-5,7,10-11H2,1-3H3/t12?,14-,15-/m0/s1. The number of methoxy groups -OCH3 is 1. The number of hydrogen-bond donors (Lipinski definition) is 1. The molecule has 1 aliphatic heterocycles. The van der Waals surface area contributed by atoms with Gasteiger partial charge in [-0.25, -0.2) is 0 Å². The van der Waals surface area contributed by atoms with Crippen molar-refractivity contribution in [3.05, 3.63) is 24.0 Å². The third-order valence-corrected chi connectivity index (χ3v) is 4.43. The van der Waals surface area contributed by atoms with Gasteiger partial charge in [-0.05, 0) is 37.3 Å². The average molecular weight is 278 g/mol. The first-order valence-electron chi connectivity index (χ1n) is 7.55. The number of pyridine rings is 1. The van der Waals surface area contributed by atoms with Crippen LogP contribution in [0, 0.1) is 0 Å². The van der Waals surface area contributed by atoms with E-state index in [9.17, 15) is 5.11 Å². The maximum atomic E-state index is 9.56. The van der Waals surface area contributed by atoms with Gasteiger partial charge < -0.3 is 14.7 Å². The third-order valence-electron chi connectivity index (χ3n) is 4.43. The fourth-order valence-corrected chi connectivity index (χ4v) is 2.76. The number of ether oxygens (including phenoxy) is 1. The lowest BCUT2D eigenvalue weighted by atomic mass is 9.99. The zero-order valence-corrected chi connectivity index (χ0v) is 12.7. The molecule has 1 fully saturated rings. The predicted molar refractivity (Wildman–Crippen MR) is 81.2 cm³/mol. The Morgan fingerprint density at radius 3 is 2.80 bits per heavy atom. The summed E-state index contributed by atoms with van der Waals surface area (Å²) in [5.74, 6) is 0.491. The molecule has 1 aromatic heterocycles. The molecule has 1 unspecified atom stereocenters. The molecule has 2 heterocycles. The molecule has 0 spiro atoms. The second-order valence-electron chi connectivity index (χ2n) is 5.67. The Morgan fingerprint density at radius 1 is 1.45 bits per heavy atom. The largest absolute Gasteiger partial charge is 0.394 e. The summed E-state index contributed by atoms with van der Waals surface area (Å²) in [5.41, 5.74) is 2.22. The fourth-order valence-electron chi connectivity index (χ4n) is 2.76. The van der Waals surface area contributed by atoms with Crippen molar-refractivity contribution in [3.63, 3.8) is 0 Å². The Bertz CT molecular complexity index is 407. The van der Waals surface area contributed by atoms with Gasteiger partial charge >= 0.3 is 0 Å². The number of aliphatic hydroxyl groups excluding tert-OH is 1. The summed E-state index contributed by atoms with van der Waals surface area (Å²) >= 11 is 0. The van der Waals surface area contributed by atoms with Crippen molar-refractivity contribution in [1.82, 2.24) is 4.98 Å². The van der Waals surface area contributed by atoms with Crippen molar-refractivity contribution in [1.29, 1.82) is 0 Å². The minimum Gasteiger partial charge on any atom is -0.394 e. The Balaban J connectivity index is 2.15. The first-order chi connectivity index (χ1) is 9.69. The van der Waals surface area contributed by atoms with E-state index in [0.29, 0.717) is 5.92 Å². The molecular weight excluding hydrogens is 252 g/mol. The van der Waals surface area contributed by atoms with Gasteiger partial charge in [0.1, 0.15) is 0 Å². The van der Waals surface area contributed by atoms with Crippen LogP contribution in [-0.2, 0) is 4.74 Å². The Labute approximate surface area is 121 Å². The highest BCUT2D eigenvalue weighted by Crippen LogP contribution is 2.26. The Kier molecular flexibility index (Phi) is 5.38. The van der Waals surface area contributed by atoms with E-state index in [4.69, 9.17) is 4.74 Å². The molecule has 0 bridgehead atoms. The van der Waals surface area contributed by atoms with E-state index in [2.05, 4.69) is 35.9 Å². The van der Waals surface area contributed by atoms with Gasteiger partial charge in [-0.2, -0.15) is 0 Å². The van der Waals surface area contributed by atoms with E-state index in [1.807, 2.05) is 6.20 Å². The van der Waals surface area contributed by atoms with E-state index in [-0.39, 0.29) is 18.8 Å². The van der Waals surface area contributed by atoms with E-state index in [1.165, 1.54) is 0 Å². The molecule has 20 heavy (non-hydrogen) atoms. The molecule has 0 radical (unpaired) electrons. The molecule has 1 N–H and O–H groups in total. The van der Waals surface area contributed by atoms with Crippen molar-refractivity contribution in [3.8, 4) is 0 Å². The van der Waals surface area contributed by atoms with Gasteiger partial charge in [-0.15, -0.1) is 0 Å². The van der Waals surface area contributed by atoms with Gasteiger partial charge in [0.2, 0.25) is 0 Å². The zero-order chi connectivity index (χ0) is 14.5. The quantitative estimate of drug-likeness (QED) is 0.899. The fraction of sp³-hybridized carbons (Fsp3) is 0.688. The number of aromatic nitrogens is 1. The zero-order valence-electron chi connectivity index (χ0n) is 12.7. The normalized spacial score (nSPS) is 24.7. The predicted octanol–water partition coefficient (Wildman–Crippen LogP) is 2.57. The van der Waals surface area contributed by atoms with Crippen LogP contribution < -0.4 is 4.90 Å². The summed E-state index contributed by atoms with van der Waals surface area (Å²) in [6, 6.07) is 4.40. The summed E-state index contributed by atoms with van der Waals surface area (Å²) in [5, 5.41) is 9.56. The summed E-state index contributed by atoms with van der Waals surface area (Å²) in [7, 11) is 1.76. The highest BCUT2D eigenvalue weighted by molar-refractivity contribution is 5.46. The van der Waals surface area contributed by atoms with E-state index < -0.39 is 0 Å². The van der Waals surface area contributed by atoms with Gasteiger partial charge in [0.15, 0.2) is 0 Å². The molecule has 1 saturated heterocycles. The second-order valence-corrected chi connectivity index (χ2v) is 5.67. The van der Waals surface area contributed by atoms with Crippen LogP contribution in [0.15, 0.2) is 18.3 Å². The smallest absolute Gasteiger partial charge is 0.0747 e. The second kappa shape index (κ2) is 7.04. The molecule has 2 rings (SSSR count). The topological polar surface area (TPSA) is 45.6 Å². The Morgan fingerprint density at radius 2 is 2.25 bits per heavy atom. The van der Waals surface area contributed by atoms with Crippen LogP contribution in [0.2, 0.25) is 0 Å². The molecular formula is C16H26N2O2. The maximum absolute atomic E-state index is 9.56. The van der Waals surface area contributed by atoms with Crippen LogP contribution in [0.1, 0.15) is 44.7 Å². The van der Waals surface area contributed by atoms with Gasteiger partial charge in [-0.1, -0.05) is 13.8 Å². The number of piperidine rings is 1. The number of hydrogen-bond acceptors (Lipinski definition) is 4. The van der Waals surface area contributed by atoms with Crippen LogP contribution >= 0.6 is 0 Å². The van der Waals surface area contributed by atoms with Crippen molar-refractivity contribution < 1.29 is 9.84 Å². The van der Waals surface area contributed by atoms with Gasteiger partial charge in [0.25, 0.3) is 0 Å². The molecule has 3 atom stereocenters. The van der Waals surface area contributed by atoms with Crippen molar-refractivity contribution in [2.45, 2.75) is 51.2 Å². The van der Waals surface area contributed by atoms with Gasteiger partial charge in [0, 0.05) is 19.3 Å². The molecule has 0 aromatic carbocycles. The Hall–Kier alpha value is -1.13. The average Bonchev–Trinajstić information content (AvgIpc) is 2.53. The van der Waals surface area contributed by atoms with Crippen molar-refractivity contribution in [2.24, 2.45) is 0 Å². The lowest BCUT2D eigenvalue weighted by Gasteiger charge is -2.39. The summed E-state index contributed by atoms with van der Waals surface area (Å²) in [4.78, 5) is 6.81. The van der Waals surface area contributed by atoms with Crippen molar-refractivity contribution >= 4 is 5.69 Å². The van der Waals surface area contributed by atoms with Gasteiger partial charge in [0.05, 0.1) is 30.6 Å². The van der Waals surface area contributed by atoms with Crippen LogP contribution in [-0.4, -0.2) is 42.5 Å². The molecule has 4 nitrogen and oxygen atoms in total. The van der Waals surface area contributed by atoms with Crippen LogP contribution in [0.25, 0.3) is 0 Å². The third kappa shape index (κ3) is 3.30. The van der Waals surface area contributed by atoms with E-state index in [1.54, 1.807) is 7.11 Å². The van der Waals surface area contributed by atoms with Gasteiger partial charge in [-0.3, -0.25) is 4.98 Å². The summed E-state index contributed by atoms with van der Waals surface area (Å²) < 4.78 is 5.47. The lowest BCUT2D eigenvalue weighted by Crippen LogP contribution is -2.48. The van der Waals surface area contributed by atoms with E-state index >= 15 is 0 Å². The number of anilines is 1. The number of nitrogens with zero attached hydrogens (tertiary/aromatic N) is 2. The molecule has 112 valence electrons. The molecule has 0 aliphatic carbocycles. The maximum Gasteiger partial charge on any atom is 0.0747 e. The molecule has 1 aromatic rings. The molecule has 0 saturated carbocycles. The summed E-state index contributed by atoms with van der Waals surface area (Å²) in [6.45, 7) is 5.38. The monoisotopic (exact) mass is 278 g/mol. The molecule has 4 heteroatoms. The van der Waals surface area contributed by atoms with Crippen molar-refractivity contribution in [2.75, 3.05) is 25.2 Å². The van der Waals surface area contributed by atoms with Crippen LogP contribution in [0.5, 0.6) is 0 Å². The van der Waals surface area contributed by atoms with Crippen LogP contribution in [0.3, 0.4) is 0 Å². The van der Waals surface area contributed by atoms with E-state index in [0.717, 1.165) is 37.2 Å². The lowest BCUT2D eigenvalue weighted by molar-refractivity contribution is 0.0744. The SMILES string of the molecule is CCC(C)c1ccc(N2C[C@@H](OC)CC[C@H]2CO)cn1. The highest BCUT2D eigenvalue weighted by Gasteiger charge is 2.28. The van der Waals surface area contributed by atoms with Crippen LogP contribution in [0.4, 0.5) is 5.69 Å².